The molecule has 0 bridgehead atoms. The fourth-order valence-electron chi connectivity index (χ4n) is 3.80. The number of ether oxygens (including phenoxy) is 1. The van der Waals surface area contributed by atoms with Gasteiger partial charge in [-0.25, -0.2) is 14.8 Å². The normalized spacial score (nSPS) is 15.2. The number of hydrogen-bond acceptors (Lipinski definition) is 5. The third-order valence-corrected chi connectivity index (χ3v) is 5.39. The van der Waals surface area contributed by atoms with Gasteiger partial charge in [0.2, 0.25) is 0 Å². The SMILES string of the molecule is CC(C)OC(=O)c1ccc2c(c1)nc(-c1cc3ccc([C@@H](C)N)nc3[nH]1)n2C1CC1. The Hall–Kier alpha value is -3.19. The first-order chi connectivity index (χ1) is 14.4. The van der Waals surface area contributed by atoms with Gasteiger partial charge in [-0.05, 0) is 70.0 Å². The number of nitrogens with one attached hydrogen (secondary N) is 1. The van der Waals surface area contributed by atoms with Crippen LogP contribution in [0, 0.1) is 0 Å². The molecule has 30 heavy (non-hydrogen) atoms. The van der Waals surface area contributed by atoms with E-state index in [1.807, 2.05) is 51.1 Å². The summed E-state index contributed by atoms with van der Waals surface area (Å²) in [5.74, 6) is 0.537. The highest BCUT2D eigenvalue weighted by atomic mass is 16.5. The molecule has 1 atom stereocenters. The van der Waals surface area contributed by atoms with E-state index >= 15 is 0 Å². The summed E-state index contributed by atoms with van der Waals surface area (Å²) in [6, 6.07) is 12.0. The van der Waals surface area contributed by atoms with E-state index < -0.39 is 0 Å². The van der Waals surface area contributed by atoms with E-state index in [9.17, 15) is 4.79 Å². The number of nitrogens with two attached hydrogens (primary N) is 1. The van der Waals surface area contributed by atoms with Gasteiger partial charge in [-0.2, -0.15) is 0 Å². The van der Waals surface area contributed by atoms with Gasteiger partial charge in [-0.1, -0.05) is 0 Å². The number of fused-ring (bicyclic) bond motifs is 2. The third-order valence-electron chi connectivity index (χ3n) is 5.39. The number of carbonyl (C=O) groups is 1. The number of benzene rings is 1. The zero-order valence-corrected chi connectivity index (χ0v) is 17.3. The molecule has 0 radical (unpaired) electrons. The molecule has 0 aliphatic heterocycles. The zero-order chi connectivity index (χ0) is 21.0. The largest absolute Gasteiger partial charge is 0.459 e. The van der Waals surface area contributed by atoms with Crippen molar-refractivity contribution in [2.45, 2.75) is 51.8 Å². The molecular formula is C23H25N5O2. The Balaban J connectivity index is 1.62. The van der Waals surface area contributed by atoms with Crippen molar-refractivity contribution in [3.05, 3.63) is 47.7 Å². The van der Waals surface area contributed by atoms with E-state index in [-0.39, 0.29) is 18.1 Å². The number of imidazole rings is 1. The lowest BCUT2D eigenvalue weighted by atomic mass is 10.2. The number of rotatable bonds is 5. The Morgan fingerprint density at radius 1 is 1.17 bits per heavy atom. The number of esters is 1. The average Bonchev–Trinajstić information content (AvgIpc) is 3.33. The highest BCUT2D eigenvalue weighted by molar-refractivity contribution is 5.95. The van der Waals surface area contributed by atoms with Crippen LogP contribution in [0.3, 0.4) is 0 Å². The quantitative estimate of drug-likeness (QED) is 0.478. The second kappa shape index (κ2) is 6.95. The van der Waals surface area contributed by atoms with Gasteiger partial charge >= 0.3 is 5.97 Å². The Morgan fingerprint density at radius 2 is 1.97 bits per heavy atom. The molecule has 7 heteroatoms. The first-order valence-corrected chi connectivity index (χ1v) is 10.4. The van der Waals surface area contributed by atoms with E-state index in [0.29, 0.717) is 11.6 Å². The number of carbonyl (C=O) groups excluding carboxylic acids is 1. The molecule has 0 spiro atoms. The van der Waals surface area contributed by atoms with Gasteiger partial charge in [0.1, 0.15) is 5.65 Å². The van der Waals surface area contributed by atoms with Crippen LogP contribution in [0.5, 0.6) is 0 Å². The Bertz CT molecular complexity index is 1260. The summed E-state index contributed by atoms with van der Waals surface area (Å²) < 4.78 is 7.61. The maximum atomic E-state index is 12.3. The van der Waals surface area contributed by atoms with Crippen molar-refractivity contribution < 1.29 is 9.53 Å². The monoisotopic (exact) mass is 403 g/mol. The summed E-state index contributed by atoms with van der Waals surface area (Å²) in [5, 5.41) is 1.02. The van der Waals surface area contributed by atoms with Gasteiger partial charge in [0.05, 0.1) is 34.1 Å². The van der Waals surface area contributed by atoms with Crippen molar-refractivity contribution in [1.29, 1.82) is 0 Å². The predicted molar refractivity (Wildman–Crippen MR) is 116 cm³/mol. The highest BCUT2D eigenvalue weighted by Crippen LogP contribution is 2.41. The van der Waals surface area contributed by atoms with Crippen LogP contribution in [-0.2, 0) is 4.74 Å². The second-order valence-corrected chi connectivity index (χ2v) is 8.34. The molecular weight excluding hydrogens is 378 g/mol. The zero-order valence-electron chi connectivity index (χ0n) is 17.3. The van der Waals surface area contributed by atoms with Gasteiger partial charge in [0, 0.05) is 17.5 Å². The molecule has 1 aromatic carbocycles. The molecule has 7 nitrogen and oxygen atoms in total. The van der Waals surface area contributed by atoms with Crippen LogP contribution in [-0.4, -0.2) is 31.6 Å². The van der Waals surface area contributed by atoms with Gasteiger partial charge in [0.25, 0.3) is 0 Å². The number of nitrogens with zero attached hydrogens (tertiary/aromatic N) is 3. The molecule has 4 aromatic rings. The summed E-state index contributed by atoms with van der Waals surface area (Å²) in [6.45, 7) is 5.61. The van der Waals surface area contributed by atoms with Crippen molar-refractivity contribution in [3.8, 4) is 11.5 Å². The van der Waals surface area contributed by atoms with Crippen LogP contribution in [0.1, 0.15) is 61.7 Å². The first kappa shape index (κ1) is 18.8. The molecule has 3 aromatic heterocycles. The van der Waals surface area contributed by atoms with E-state index in [1.54, 1.807) is 0 Å². The van der Waals surface area contributed by atoms with Crippen molar-refractivity contribution >= 4 is 28.0 Å². The third kappa shape index (κ3) is 3.25. The molecule has 0 unspecified atom stereocenters. The lowest BCUT2D eigenvalue weighted by Gasteiger charge is -2.08. The van der Waals surface area contributed by atoms with E-state index in [2.05, 4.69) is 20.6 Å². The predicted octanol–water partition coefficient (Wildman–Crippen LogP) is 4.50. The molecule has 1 aliphatic carbocycles. The molecule has 5 rings (SSSR count). The number of aromatic nitrogens is 4. The van der Waals surface area contributed by atoms with Crippen molar-refractivity contribution in [2.75, 3.05) is 0 Å². The second-order valence-electron chi connectivity index (χ2n) is 8.34. The van der Waals surface area contributed by atoms with Crippen molar-refractivity contribution in [2.24, 2.45) is 5.73 Å². The van der Waals surface area contributed by atoms with Crippen molar-refractivity contribution in [1.82, 2.24) is 19.5 Å². The maximum absolute atomic E-state index is 12.3. The molecule has 3 N–H and O–H groups in total. The van der Waals surface area contributed by atoms with Gasteiger partial charge in [0.15, 0.2) is 5.82 Å². The molecule has 1 aliphatic rings. The lowest BCUT2D eigenvalue weighted by Crippen LogP contribution is -2.11. The maximum Gasteiger partial charge on any atom is 0.338 e. The van der Waals surface area contributed by atoms with Crippen LogP contribution in [0.2, 0.25) is 0 Å². The van der Waals surface area contributed by atoms with E-state index in [0.717, 1.165) is 52.1 Å². The standard InChI is InChI=1S/C23H25N5O2/c1-12(2)30-23(29)15-5-9-20-18(11-15)27-22(28(20)16-6-7-16)19-10-14-4-8-17(13(3)24)25-21(14)26-19/h4-5,8-13,16H,6-7,24H2,1-3H3,(H,25,26)/t13-/m1/s1. The Morgan fingerprint density at radius 3 is 2.67 bits per heavy atom. The van der Waals surface area contributed by atoms with Crippen LogP contribution >= 0.6 is 0 Å². The van der Waals surface area contributed by atoms with Crippen LogP contribution < -0.4 is 5.73 Å². The minimum Gasteiger partial charge on any atom is -0.459 e. The highest BCUT2D eigenvalue weighted by Gasteiger charge is 2.29. The minimum absolute atomic E-state index is 0.124. The summed E-state index contributed by atoms with van der Waals surface area (Å²) in [7, 11) is 0. The first-order valence-electron chi connectivity index (χ1n) is 10.4. The van der Waals surface area contributed by atoms with Crippen LogP contribution in [0.4, 0.5) is 0 Å². The average molecular weight is 403 g/mol. The summed E-state index contributed by atoms with van der Waals surface area (Å²) in [4.78, 5) is 25.3. The molecule has 0 amide bonds. The fourth-order valence-corrected chi connectivity index (χ4v) is 3.80. The van der Waals surface area contributed by atoms with Crippen LogP contribution in [0.15, 0.2) is 36.4 Å². The molecule has 154 valence electrons. The molecule has 1 fully saturated rings. The number of hydrogen-bond donors (Lipinski definition) is 2. The summed E-state index contributed by atoms with van der Waals surface area (Å²) in [5.41, 5.74) is 10.9. The molecule has 3 heterocycles. The smallest absolute Gasteiger partial charge is 0.338 e. The minimum atomic E-state index is -0.326. The fraction of sp³-hybridized carbons (Fsp3) is 0.348. The van der Waals surface area contributed by atoms with Gasteiger partial charge in [-0.15, -0.1) is 0 Å². The van der Waals surface area contributed by atoms with Gasteiger partial charge in [-0.3, -0.25) is 0 Å². The van der Waals surface area contributed by atoms with Gasteiger partial charge < -0.3 is 20.0 Å². The van der Waals surface area contributed by atoms with Crippen LogP contribution in [0.25, 0.3) is 33.6 Å². The summed E-state index contributed by atoms with van der Waals surface area (Å²) in [6.07, 6.45) is 2.10. The van der Waals surface area contributed by atoms with E-state index in [1.165, 1.54) is 0 Å². The molecule has 0 saturated heterocycles. The summed E-state index contributed by atoms with van der Waals surface area (Å²) >= 11 is 0. The van der Waals surface area contributed by atoms with E-state index in [4.69, 9.17) is 15.5 Å². The lowest BCUT2D eigenvalue weighted by molar-refractivity contribution is 0.0378. The number of H-pyrrole nitrogens is 1. The Kier molecular flexibility index (Phi) is 4.36. The number of pyridine rings is 1. The Labute approximate surface area is 174 Å². The molecule has 1 saturated carbocycles. The number of aromatic amines is 1. The van der Waals surface area contributed by atoms with Crippen molar-refractivity contribution in [3.63, 3.8) is 0 Å². The topological polar surface area (TPSA) is 98.8 Å².